The van der Waals surface area contributed by atoms with Crippen LogP contribution in [0, 0.1) is 5.82 Å². The van der Waals surface area contributed by atoms with E-state index in [1.165, 1.54) is 12.7 Å². The molecule has 0 unspecified atom stereocenters. The van der Waals surface area contributed by atoms with E-state index in [1.54, 1.807) is 24.3 Å². The van der Waals surface area contributed by atoms with E-state index in [-0.39, 0.29) is 11.4 Å². The van der Waals surface area contributed by atoms with Crippen molar-refractivity contribution in [2.75, 3.05) is 26.8 Å². The summed E-state index contributed by atoms with van der Waals surface area (Å²) in [5, 5.41) is 0. The van der Waals surface area contributed by atoms with Crippen LogP contribution >= 0.6 is 0 Å². The molecule has 0 bridgehead atoms. The number of halogens is 1. The topological polar surface area (TPSA) is 56.6 Å². The number of piperidine rings is 1. The van der Waals surface area contributed by atoms with Gasteiger partial charge in [0.15, 0.2) is 0 Å². The van der Waals surface area contributed by atoms with Gasteiger partial charge in [-0.15, -0.1) is 0 Å². The lowest BCUT2D eigenvalue weighted by atomic mass is 9.89. The largest absolute Gasteiger partial charge is 0.489 e. The Morgan fingerprint density at radius 2 is 1.94 bits per heavy atom. The summed E-state index contributed by atoms with van der Waals surface area (Å²) in [4.78, 5) is 19.5. The van der Waals surface area contributed by atoms with Gasteiger partial charge in [0.1, 0.15) is 29.5 Å². The van der Waals surface area contributed by atoms with Crippen molar-refractivity contribution >= 4 is 17.0 Å². The summed E-state index contributed by atoms with van der Waals surface area (Å²) >= 11 is 0. The van der Waals surface area contributed by atoms with Crippen molar-refractivity contribution in [1.29, 1.82) is 0 Å². The molecule has 32 heavy (non-hydrogen) atoms. The van der Waals surface area contributed by atoms with Crippen molar-refractivity contribution in [3.05, 3.63) is 59.2 Å². The van der Waals surface area contributed by atoms with Gasteiger partial charge < -0.3 is 14.0 Å². The fraction of sp³-hybridized carbons (Fsp3) is 0.440. The number of nitrogens with zero attached hydrogens (tertiary/aromatic N) is 3. The van der Waals surface area contributed by atoms with E-state index in [9.17, 15) is 9.18 Å². The molecule has 1 saturated heterocycles. The first-order chi connectivity index (χ1) is 15.4. The monoisotopic (exact) mass is 437 g/mol. The van der Waals surface area contributed by atoms with E-state index >= 15 is 0 Å². The molecule has 0 atom stereocenters. The number of methoxy groups -OCH3 is 1. The van der Waals surface area contributed by atoms with Crippen LogP contribution in [0.15, 0.2) is 36.4 Å². The number of hydrogen-bond donors (Lipinski definition) is 0. The second kappa shape index (κ2) is 7.89. The summed E-state index contributed by atoms with van der Waals surface area (Å²) in [5.74, 6) is 1.54. The maximum Gasteiger partial charge on any atom is 0.338 e. The van der Waals surface area contributed by atoms with E-state index in [0.29, 0.717) is 23.8 Å². The number of carbonyl (C=O) groups excluding carboxylic acids is 1. The number of likely N-dealkylation sites (tertiary alicyclic amines) is 1. The van der Waals surface area contributed by atoms with Crippen molar-refractivity contribution in [2.24, 2.45) is 0 Å². The fourth-order valence-corrected chi connectivity index (χ4v) is 5.00. The molecule has 0 radical (unpaired) electrons. The summed E-state index contributed by atoms with van der Waals surface area (Å²) in [6.45, 7) is 7.47. The van der Waals surface area contributed by atoms with Crippen LogP contribution in [0.2, 0.25) is 0 Å². The molecular formula is C25H28FN3O3. The molecule has 2 aliphatic heterocycles. The molecule has 6 nitrogen and oxygen atoms in total. The van der Waals surface area contributed by atoms with E-state index in [0.717, 1.165) is 49.3 Å². The van der Waals surface area contributed by atoms with Gasteiger partial charge in [-0.25, -0.2) is 14.2 Å². The van der Waals surface area contributed by atoms with E-state index in [1.807, 2.05) is 12.1 Å². The highest BCUT2D eigenvalue weighted by atomic mass is 19.1. The second-order valence-electron chi connectivity index (χ2n) is 9.40. The van der Waals surface area contributed by atoms with E-state index in [4.69, 9.17) is 14.5 Å². The van der Waals surface area contributed by atoms with Crippen LogP contribution in [0.3, 0.4) is 0 Å². The second-order valence-corrected chi connectivity index (χ2v) is 9.40. The molecule has 0 N–H and O–H groups in total. The van der Waals surface area contributed by atoms with Gasteiger partial charge in [-0.2, -0.15) is 0 Å². The van der Waals surface area contributed by atoms with Crippen LogP contribution in [0.5, 0.6) is 5.75 Å². The molecule has 1 fully saturated rings. The molecule has 0 spiro atoms. The minimum Gasteiger partial charge on any atom is -0.489 e. The lowest BCUT2D eigenvalue weighted by molar-refractivity contribution is 0.0600. The summed E-state index contributed by atoms with van der Waals surface area (Å²) in [7, 11) is 1.38. The average molecular weight is 438 g/mol. The average Bonchev–Trinajstić information content (AvgIpc) is 3.16. The summed E-state index contributed by atoms with van der Waals surface area (Å²) in [6, 6.07) is 10.4. The zero-order chi connectivity index (χ0) is 22.5. The molecule has 0 aliphatic carbocycles. The molecule has 2 aromatic carbocycles. The van der Waals surface area contributed by atoms with Gasteiger partial charge in [-0.05, 0) is 75.5 Å². The summed E-state index contributed by atoms with van der Waals surface area (Å²) < 4.78 is 26.4. The third kappa shape index (κ3) is 3.64. The first kappa shape index (κ1) is 20.9. The highest BCUT2D eigenvalue weighted by Crippen LogP contribution is 2.38. The maximum absolute atomic E-state index is 13.3. The zero-order valence-corrected chi connectivity index (χ0v) is 18.7. The molecule has 2 aliphatic rings. The highest BCUT2D eigenvalue weighted by molar-refractivity contribution is 5.96. The highest BCUT2D eigenvalue weighted by Gasteiger charge is 2.34. The van der Waals surface area contributed by atoms with Gasteiger partial charge in [-0.3, -0.25) is 4.90 Å². The minimum atomic E-state index is -0.393. The number of rotatable bonds is 4. The Morgan fingerprint density at radius 3 is 2.62 bits per heavy atom. The quantitative estimate of drug-likeness (QED) is 0.564. The summed E-state index contributed by atoms with van der Waals surface area (Å²) in [5.41, 5.74) is 3.12. The molecule has 7 heteroatoms. The molecule has 1 aromatic heterocycles. The number of hydrogen-bond acceptors (Lipinski definition) is 5. The SMILES string of the molecule is COC(=O)c1cc2c3c(c1)nc(CN1CCC(c4ccc(F)cc4)CC1)n3C(C)(C)CO2. The van der Waals surface area contributed by atoms with Gasteiger partial charge in [0.2, 0.25) is 0 Å². The third-order valence-corrected chi connectivity index (χ3v) is 6.69. The zero-order valence-electron chi connectivity index (χ0n) is 18.7. The van der Waals surface area contributed by atoms with E-state index in [2.05, 4.69) is 23.3 Å². The Hall–Kier alpha value is -2.93. The predicted molar refractivity (Wildman–Crippen MR) is 120 cm³/mol. The molecular weight excluding hydrogens is 409 g/mol. The van der Waals surface area contributed by atoms with Crippen molar-refractivity contribution < 1.29 is 18.7 Å². The van der Waals surface area contributed by atoms with Crippen LogP contribution < -0.4 is 4.74 Å². The van der Waals surface area contributed by atoms with Crippen molar-refractivity contribution in [2.45, 2.75) is 44.7 Å². The minimum absolute atomic E-state index is 0.187. The number of ether oxygens (including phenoxy) is 2. The molecule has 3 aromatic rings. The van der Waals surface area contributed by atoms with Gasteiger partial charge in [-0.1, -0.05) is 12.1 Å². The number of imidazole rings is 1. The third-order valence-electron chi connectivity index (χ3n) is 6.69. The summed E-state index contributed by atoms with van der Waals surface area (Å²) in [6.07, 6.45) is 2.08. The van der Waals surface area contributed by atoms with Crippen LogP contribution in [0.1, 0.15) is 54.4 Å². The van der Waals surface area contributed by atoms with Gasteiger partial charge >= 0.3 is 5.97 Å². The Balaban J connectivity index is 1.41. The Morgan fingerprint density at radius 1 is 1.22 bits per heavy atom. The lowest BCUT2D eigenvalue weighted by Gasteiger charge is -2.36. The fourth-order valence-electron chi connectivity index (χ4n) is 5.00. The van der Waals surface area contributed by atoms with Crippen LogP contribution in [-0.2, 0) is 16.8 Å². The van der Waals surface area contributed by atoms with E-state index < -0.39 is 5.97 Å². The lowest BCUT2D eigenvalue weighted by Crippen LogP contribution is -2.40. The Bertz CT molecular complexity index is 1160. The Labute approximate surface area is 186 Å². The van der Waals surface area contributed by atoms with Gasteiger partial charge in [0, 0.05) is 0 Å². The standard InChI is InChI=1S/C25H28FN3O3/c1-25(2)15-32-21-13-18(24(30)31-3)12-20-23(21)29(25)22(27-20)14-28-10-8-17(9-11-28)16-4-6-19(26)7-5-16/h4-7,12-13,17H,8-11,14-15H2,1-3H3. The smallest absolute Gasteiger partial charge is 0.338 e. The number of aromatic nitrogens is 2. The number of benzene rings is 2. The predicted octanol–water partition coefficient (Wildman–Crippen LogP) is 4.47. The molecule has 168 valence electrons. The normalized spacial score (nSPS) is 18.5. The number of esters is 1. The molecule has 3 heterocycles. The van der Waals surface area contributed by atoms with Gasteiger partial charge in [0.05, 0.1) is 30.3 Å². The molecule has 0 saturated carbocycles. The first-order valence-corrected chi connectivity index (χ1v) is 11.1. The van der Waals surface area contributed by atoms with Crippen molar-refractivity contribution in [3.8, 4) is 5.75 Å². The maximum atomic E-state index is 13.3. The van der Waals surface area contributed by atoms with Crippen LogP contribution in [-0.4, -0.2) is 47.2 Å². The van der Waals surface area contributed by atoms with Crippen LogP contribution in [0.25, 0.3) is 11.0 Å². The van der Waals surface area contributed by atoms with Gasteiger partial charge in [0.25, 0.3) is 0 Å². The number of carbonyl (C=O) groups is 1. The molecule has 0 amide bonds. The molecule has 5 rings (SSSR count). The Kier molecular flexibility index (Phi) is 5.16. The van der Waals surface area contributed by atoms with Crippen molar-refractivity contribution in [1.82, 2.24) is 14.5 Å². The van der Waals surface area contributed by atoms with Crippen LogP contribution in [0.4, 0.5) is 4.39 Å². The first-order valence-electron chi connectivity index (χ1n) is 11.1. The van der Waals surface area contributed by atoms with Crippen molar-refractivity contribution in [3.63, 3.8) is 0 Å².